The van der Waals surface area contributed by atoms with Crippen molar-refractivity contribution in [1.29, 1.82) is 0 Å². The Bertz CT molecular complexity index is 825. The molecule has 5 heteroatoms. The first-order chi connectivity index (χ1) is 13.7. The molecule has 2 aromatic rings. The summed E-state index contributed by atoms with van der Waals surface area (Å²) in [6, 6.07) is 13.9. The maximum atomic E-state index is 13.3. The van der Waals surface area contributed by atoms with E-state index in [1.807, 2.05) is 42.5 Å². The van der Waals surface area contributed by atoms with Crippen molar-refractivity contribution in [2.24, 2.45) is 0 Å². The van der Waals surface area contributed by atoms with Crippen molar-refractivity contribution >= 4 is 5.91 Å². The molecular formula is C23H27NO4. The van der Waals surface area contributed by atoms with Gasteiger partial charge >= 0.3 is 0 Å². The molecule has 1 saturated carbocycles. The molecule has 1 aliphatic heterocycles. The van der Waals surface area contributed by atoms with E-state index in [1.165, 1.54) is 12.0 Å². The molecule has 2 aromatic carbocycles. The fraction of sp³-hybridized carbons (Fsp3) is 0.435. The van der Waals surface area contributed by atoms with Gasteiger partial charge in [0, 0.05) is 6.54 Å². The number of hydrogen-bond donors (Lipinski definition) is 1. The summed E-state index contributed by atoms with van der Waals surface area (Å²) >= 11 is 0. The molecule has 1 heterocycles. The van der Waals surface area contributed by atoms with E-state index in [1.54, 1.807) is 7.11 Å². The zero-order valence-electron chi connectivity index (χ0n) is 16.3. The van der Waals surface area contributed by atoms with E-state index >= 15 is 0 Å². The zero-order valence-corrected chi connectivity index (χ0v) is 16.3. The van der Waals surface area contributed by atoms with E-state index in [4.69, 9.17) is 14.2 Å². The molecule has 0 bridgehead atoms. The lowest BCUT2D eigenvalue weighted by Crippen LogP contribution is -2.46. The summed E-state index contributed by atoms with van der Waals surface area (Å²) in [7, 11) is 1.66. The van der Waals surface area contributed by atoms with Crippen LogP contribution in [0.1, 0.15) is 43.2 Å². The van der Waals surface area contributed by atoms with Crippen LogP contribution in [0.15, 0.2) is 42.5 Å². The lowest BCUT2D eigenvalue weighted by Gasteiger charge is -2.36. The predicted octanol–water partition coefficient (Wildman–Crippen LogP) is 3.98. The summed E-state index contributed by atoms with van der Waals surface area (Å²) in [6.07, 6.45) is 5.88. The predicted molar refractivity (Wildman–Crippen MR) is 107 cm³/mol. The molecule has 5 nitrogen and oxygen atoms in total. The van der Waals surface area contributed by atoms with Crippen molar-refractivity contribution < 1.29 is 19.0 Å². The maximum absolute atomic E-state index is 13.3. The number of ether oxygens (including phenoxy) is 3. The molecule has 28 heavy (non-hydrogen) atoms. The summed E-state index contributed by atoms with van der Waals surface area (Å²) < 4.78 is 16.2. The molecule has 1 aliphatic carbocycles. The molecule has 1 amide bonds. The maximum Gasteiger partial charge on any atom is 0.231 e. The number of amides is 1. The Labute approximate surface area is 166 Å². The van der Waals surface area contributed by atoms with Crippen LogP contribution in [0, 0.1) is 0 Å². The van der Waals surface area contributed by atoms with E-state index in [-0.39, 0.29) is 12.7 Å². The van der Waals surface area contributed by atoms with Crippen LogP contribution >= 0.6 is 0 Å². The molecule has 0 atom stereocenters. The Balaban J connectivity index is 1.46. The second-order valence-electron chi connectivity index (χ2n) is 7.56. The minimum atomic E-state index is -0.473. The van der Waals surface area contributed by atoms with Crippen LogP contribution in [0.2, 0.25) is 0 Å². The van der Waals surface area contributed by atoms with E-state index < -0.39 is 5.41 Å². The highest BCUT2D eigenvalue weighted by Gasteiger charge is 2.41. The van der Waals surface area contributed by atoms with Crippen molar-refractivity contribution in [1.82, 2.24) is 5.32 Å². The highest BCUT2D eigenvalue weighted by molar-refractivity contribution is 5.88. The van der Waals surface area contributed by atoms with Gasteiger partial charge in [0.25, 0.3) is 0 Å². The van der Waals surface area contributed by atoms with Gasteiger partial charge in [-0.2, -0.15) is 0 Å². The van der Waals surface area contributed by atoms with Crippen LogP contribution in [-0.4, -0.2) is 26.4 Å². The average molecular weight is 381 g/mol. The first-order valence-electron chi connectivity index (χ1n) is 10.0. The quantitative estimate of drug-likeness (QED) is 0.822. The van der Waals surface area contributed by atoms with Crippen LogP contribution in [0.25, 0.3) is 0 Å². The van der Waals surface area contributed by atoms with E-state index in [9.17, 15) is 4.79 Å². The minimum absolute atomic E-state index is 0.125. The molecule has 0 radical (unpaired) electrons. The first-order valence-corrected chi connectivity index (χ1v) is 10.0. The molecule has 1 N–H and O–H groups in total. The van der Waals surface area contributed by atoms with Gasteiger partial charge in [0.1, 0.15) is 5.75 Å². The van der Waals surface area contributed by atoms with Gasteiger partial charge in [0.2, 0.25) is 12.7 Å². The van der Waals surface area contributed by atoms with Crippen molar-refractivity contribution in [3.63, 3.8) is 0 Å². The number of nitrogens with one attached hydrogen (secondary N) is 1. The van der Waals surface area contributed by atoms with Crippen LogP contribution in [0.5, 0.6) is 17.2 Å². The van der Waals surface area contributed by atoms with E-state index in [2.05, 4.69) is 5.32 Å². The Morgan fingerprint density at radius 2 is 1.79 bits per heavy atom. The van der Waals surface area contributed by atoms with E-state index in [0.29, 0.717) is 6.54 Å². The van der Waals surface area contributed by atoms with Crippen molar-refractivity contribution in [2.75, 3.05) is 20.4 Å². The van der Waals surface area contributed by atoms with Crippen molar-refractivity contribution in [3.8, 4) is 17.2 Å². The van der Waals surface area contributed by atoms with Gasteiger partial charge in [-0.1, -0.05) is 37.5 Å². The molecule has 0 spiro atoms. The highest BCUT2D eigenvalue weighted by Crippen LogP contribution is 2.43. The van der Waals surface area contributed by atoms with Crippen molar-refractivity contribution in [3.05, 3.63) is 53.6 Å². The summed E-state index contributed by atoms with van der Waals surface area (Å²) in [4.78, 5) is 13.3. The molecule has 0 aromatic heterocycles. The van der Waals surface area contributed by atoms with Gasteiger partial charge in [-0.3, -0.25) is 4.79 Å². The van der Waals surface area contributed by atoms with E-state index in [0.717, 1.165) is 54.9 Å². The number of fused-ring (bicyclic) bond motifs is 1. The Morgan fingerprint density at radius 1 is 1.04 bits per heavy atom. The molecule has 2 aliphatic rings. The third kappa shape index (κ3) is 3.66. The normalized spacial score (nSPS) is 17.2. The smallest absolute Gasteiger partial charge is 0.231 e. The first kappa shape index (κ1) is 18.7. The third-order valence-corrected chi connectivity index (χ3v) is 5.93. The summed E-state index contributed by atoms with van der Waals surface area (Å²) in [5, 5.41) is 3.19. The largest absolute Gasteiger partial charge is 0.497 e. The Morgan fingerprint density at radius 3 is 2.54 bits per heavy atom. The lowest BCUT2D eigenvalue weighted by atomic mass is 9.68. The molecule has 1 fully saturated rings. The number of carbonyl (C=O) groups is 1. The number of hydrogen-bond acceptors (Lipinski definition) is 4. The summed E-state index contributed by atoms with van der Waals surface area (Å²) in [5.41, 5.74) is 1.75. The number of rotatable bonds is 6. The van der Waals surface area contributed by atoms with Gasteiger partial charge < -0.3 is 19.5 Å². The second kappa shape index (κ2) is 8.13. The Hall–Kier alpha value is -2.69. The third-order valence-electron chi connectivity index (χ3n) is 5.93. The van der Waals surface area contributed by atoms with Crippen LogP contribution in [0.4, 0.5) is 0 Å². The average Bonchev–Trinajstić information content (AvgIpc) is 3.22. The van der Waals surface area contributed by atoms with Crippen LogP contribution in [-0.2, 0) is 16.6 Å². The molecule has 0 saturated heterocycles. The zero-order chi connectivity index (χ0) is 19.4. The monoisotopic (exact) mass is 381 g/mol. The minimum Gasteiger partial charge on any atom is -0.497 e. The molecular weight excluding hydrogens is 354 g/mol. The summed E-state index contributed by atoms with van der Waals surface area (Å²) in [6.45, 7) is 0.872. The topological polar surface area (TPSA) is 56.8 Å². The van der Waals surface area contributed by atoms with Crippen LogP contribution < -0.4 is 19.5 Å². The SMILES string of the molecule is COc1ccc(CCNC(=O)C2(c3ccc4c(c3)OCO4)CCCCC2)cc1. The van der Waals surface area contributed by atoms with Crippen LogP contribution in [0.3, 0.4) is 0 Å². The standard InChI is InChI=1S/C23H27NO4/c1-26-19-8-5-17(6-9-19)11-14-24-22(25)23(12-3-2-4-13-23)18-7-10-20-21(15-18)28-16-27-20/h5-10,15H,2-4,11-14,16H2,1H3,(H,24,25). The van der Waals surface area contributed by atoms with Gasteiger partial charge in [-0.25, -0.2) is 0 Å². The van der Waals surface area contributed by atoms with Gasteiger partial charge in [-0.15, -0.1) is 0 Å². The highest BCUT2D eigenvalue weighted by atomic mass is 16.7. The molecule has 0 unspecified atom stereocenters. The number of methoxy groups -OCH3 is 1. The van der Waals surface area contributed by atoms with Gasteiger partial charge in [0.05, 0.1) is 12.5 Å². The summed E-state index contributed by atoms with van der Waals surface area (Å²) in [5.74, 6) is 2.47. The van der Waals surface area contributed by atoms with Gasteiger partial charge in [-0.05, 0) is 54.7 Å². The fourth-order valence-corrected chi connectivity index (χ4v) is 4.28. The molecule has 148 valence electrons. The fourth-order valence-electron chi connectivity index (χ4n) is 4.28. The van der Waals surface area contributed by atoms with Crippen molar-refractivity contribution in [2.45, 2.75) is 43.9 Å². The number of benzene rings is 2. The Kier molecular flexibility index (Phi) is 5.42. The second-order valence-corrected chi connectivity index (χ2v) is 7.56. The molecule has 4 rings (SSSR count). The lowest BCUT2D eigenvalue weighted by molar-refractivity contribution is -0.128. The van der Waals surface area contributed by atoms with Gasteiger partial charge in [0.15, 0.2) is 11.5 Å². The number of carbonyl (C=O) groups excluding carboxylic acids is 1.